The first-order chi connectivity index (χ1) is 12.5. The number of methoxy groups -OCH3 is 1. The van der Waals surface area contributed by atoms with Crippen LogP contribution in [0.15, 0.2) is 29.2 Å². The van der Waals surface area contributed by atoms with E-state index in [1.165, 1.54) is 16.4 Å². The van der Waals surface area contributed by atoms with Gasteiger partial charge < -0.3 is 9.64 Å². The summed E-state index contributed by atoms with van der Waals surface area (Å²) in [6, 6.07) is 8.41. The van der Waals surface area contributed by atoms with E-state index in [-0.39, 0.29) is 22.8 Å². The number of nitriles is 1. The van der Waals surface area contributed by atoms with Crippen LogP contribution in [0.5, 0.6) is 0 Å². The molecule has 26 heavy (non-hydrogen) atoms. The summed E-state index contributed by atoms with van der Waals surface area (Å²) in [5.41, 5.74) is 0.370. The van der Waals surface area contributed by atoms with Crippen molar-refractivity contribution in [3.05, 3.63) is 29.8 Å². The normalized spacial score (nSPS) is 22.3. The van der Waals surface area contributed by atoms with Gasteiger partial charge in [0.05, 0.1) is 17.1 Å². The molecule has 2 aliphatic heterocycles. The Morgan fingerprint density at radius 1 is 1.23 bits per heavy atom. The van der Waals surface area contributed by atoms with E-state index in [1.807, 2.05) is 0 Å². The summed E-state index contributed by atoms with van der Waals surface area (Å²) in [7, 11) is -2.03. The molecule has 1 atom stereocenters. The molecule has 1 unspecified atom stereocenters. The summed E-state index contributed by atoms with van der Waals surface area (Å²) >= 11 is 0. The van der Waals surface area contributed by atoms with E-state index < -0.39 is 10.0 Å². The number of amides is 1. The SMILES string of the molecule is COC1CCN(C(=O)c2cccc(S(=O)(=O)N3CCC(C#N)CC3)c2)C1. The third-order valence-corrected chi connectivity index (χ3v) is 7.02. The number of hydrogen-bond acceptors (Lipinski definition) is 5. The van der Waals surface area contributed by atoms with Crippen LogP contribution in [0.3, 0.4) is 0 Å². The maximum absolute atomic E-state index is 12.9. The summed E-state index contributed by atoms with van der Waals surface area (Å²) < 4.78 is 32.4. The zero-order valence-electron chi connectivity index (χ0n) is 14.8. The smallest absolute Gasteiger partial charge is 0.253 e. The fourth-order valence-electron chi connectivity index (χ4n) is 3.45. The summed E-state index contributed by atoms with van der Waals surface area (Å²) in [4.78, 5) is 14.5. The van der Waals surface area contributed by atoms with Gasteiger partial charge in [-0.05, 0) is 37.5 Å². The Morgan fingerprint density at radius 3 is 2.58 bits per heavy atom. The number of sulfonamides is 1. The van der Waals surface area contributed by atoms with Crippen LogP contribution >= 0.6 is 0 Å². The molecule has 0 aromatic heterocycles. The number of benzene rings is 1. The van der Waals surface area contributed by atoms with E-state index in [1.54, 1.807) is 24.1 Å². The molecule has 2 fully saturated rings. The van der Waals surface area contributed by atoms with Crippen LogP contribution < -0.4 is 0 Å². The maximum atomic E-state index is 12.9. The van der Waals surface area contributed by atoms with Gasteiger partial charge in [0.25, 0.3) is 5.91 Å². The Morgan fingerprint density at radius 2 is 1.96 bits per heavy atom. The molecule has 8 heteroatoms. The first kappa shape index (κ1) is 18.8. The molecule has 0 saturated carbocycles. The third kappa shape index (κ3) is 3.75. The summed E-state index contributed by atoms with van der Waals surface area (Å²) in [6.45, 7) is 1.80. The summed E-state index contributed by atoms with van der Waals surface area (Å²) in [5.74, 6) is -0.261. The highest BCUT2D eigenvalue weighted by atomic mass is 32.2. The van der Waals surface area contributed by atoms with Gasteiger partial charge in [0, 0.05) is 44.8 Å². The standard InChI is InChI=1S/C18H23N3O4S/c1-25-16-7-8-20(13-16)18(22)15-3-2-4-17(11-15)26(23,24)21-9-5-14(12-19)6-10-21/h2-4,11,14,16H,5-10,13H2,1H3. The highest BCUT2D eigenvalue weighted by Gasteiger charge is 2.31. The van der Waals surface area contributed by atoms with E-state index in [4.69, 9.17) is 10.00 Å². The van der Waals surface area contributed by atoms with Crippen molar-refractivity contribution in [1.82, 2.24) is 9.21 Å². The topological polar surface area (TPSA) is 90.7 Å². The largest absolute Gasteiger partial charge is 0.380 e. The molecule has 0 bridgehead atoms. The zero-order valence-corrected chi connectivity index (χ0v) is 15.6. The predicted octanol–water partition coefficient (Wildman–Crippen LogP) is 1.47. The molecule has 1 amide bonds. The molecule has 1 aromatic carbocycles. The molecular weight excluding hydrogens is 354 g/mol. The molecule has 2 aliphatic rings. The first-order valence-corrected chi connectivity index (χ1v) is 10.2. The molecule has 1 aromatic rings. The minimum atomic E-state index is -3.66. The Kier molecular flexibility index (Phi) is 5.61. The van der Waals surface area contributed by atoms with Gasteiger partial charge in [-0.15, -0.1) is 0 Å². The van der Waals surface area contributed by atoms with Crippen LogP contribution in [0.2, 0.25) is 0 Å². The Labute approximate surface area is 154 Å². The average molecular weight is 377 g/mol. The third-order valence-electron chi connectivity index (χ3n) is 5.12. The van der Waals surface area contributed by atoms with Crippen LogP contribution in [-0.2, 0) is 14.8 Å². The van der Waals surface area contributed by atoms with Crippen LogP contribution in [0.25, 0.3) is 0 Å². The van der Waals surface area contributed by atoms with Crippen molar-refractivity contribution >= 4 is 15.9 Å². The van der Waals surface area contributed by atoms with Gasteiger partial charge in [0.15, 0.2) is 0 Å². The lowest BCUT2D eigenvalue weighted by molar-refractivity contribution is 0.0724. The number of carbonyl (C=O) groups excluding carboxylic acids is 1. The van der Waals surface area contributed by atoms with E-state index in [0.29, 0.717) is 44.6 Å². The van der Waals surface area contributed by atoms with Gasteiger partial charge in [-0.1, -0.05) is 6.07 Å². The second kappa shape index (κ2) is 7.74. The van der Waals surface area contributed by atoms with E-state index >= 15 is 0 Å². The monoisotopic (exact) mass is 377 g/mol. The number of ether oxygens (including phenoxy) is 1. The minimum absolute atomic E-state index is 0.0345. The van der Waals surface area contributed by atoms with Gasteiger partial charge in [0.2, 0.25) is 10.0 Å². The predicted molar refractivity (Wildman–Crippen MR) is 94.9 cm³/mol. The molecule has 2 heterocycles. The lowest BCUT2D eigenvalue weighted by Gasteiger charge is -2.28. The molecule has 0 spiro atoms. The molecule has 2 saturated heterocycles. The fraction of sp³-hybridized carbons (Fsp3) is 0.556. The second-order valence-electron chi connectivity index (χ2n) is 6.73. The summed E-state index contributed by atoms with van der Waals surface area (Å²) in [5, 5.41) is 8.97. The van der Waals surface area contributed by atoms with Gasteiger partial charge in [-0.2, -0.15) is 9.57 Å². The highest BCUT2D eigenvalue weighted by Crippen LogP contribution is 2.25. The Bertz CT molecular complexity index is 810. The van der Waals surface area contributed by atoms with Gasteiger partial charge in [-0.3, -0.25) is 4.79 Å². The zero-order chi connectivity index (χ0) is 18.7. The van der Waals surface area contributed by atoms with Crippen molar-refractivity contribution in [3.8, 4) is 6.07 Å². The molecule has 3 rings (SSSR count). The number of nitrogens with zero attached hydrogens (tertiary/aromatic N) is 3. The van der Waals surface area contributed by atoms with Crippen molar-refractivity contribution in [2.24, 2.45) is 5.92 Å². The minimum Gasteiger partial charge on any atom is -0.380 e. The molecular formula is C18H23N3O4S. The van der Waals surface area contributed by atoms with Gasteiger partial charge in [-0.25, -0.2) is 8.42 Å². The number of hydrogen-bond donors (Lipinski definition) is 0. The van der Waals surface area contributed by atoms with Gasteiger partial charge in [0.1, 0.15) is 0 Å². The first-order valence-electron chi connectivity index (χ1n) is 8.77. The lowest BCUT2D eigenvalue weighted by atomic mass is 10.0. The molecule has 7 nitrogen and oxygen atoms in total. The quantitative estimate of drug-likeness (QED) is 0.792. The van der Waals surface area contributed by atoms with E-state index in [2.05, 4.69) is 6.07 Å². The number of rotatable bonds is 4. The fourth-order valence-corrected chi connectivity index (χ4v) is 4.97. The van der Waals surface area contributed by atoms with Crippen LogP contribution in [-0.4, -0.2) is 62.9 Å². The summed E-state index contributed by atoms with van der Waals surface area (Å²) in [6.07, 6.45) is 1.90. The lowest BCUT2D eigenvalue weighted by Crippen LogP contribution is -2.38. The second-order valence-corrected chi connectivity index (χ2v) is 8.67. The van der Waals surface area contributed by atoms with Crippen LogP contribution in [0.4, 0.5) is 0 Å². The maximum Gasteiger partial charge on any atom is 0.253 e. The molecule has 0 N–H and O–H groups in total. The van der Waals surface area contributed by atoms with Crippen molar-refractivity contribution in [2.45, 2.75) is 30.3 Å². The van der Waals surface area contributed by atoms with E-state index in [0.717, 1.165) is 6.42 Å². The van der Waals surface area contributed by atoms with Gasteiger partial charge >= 0.3 is 0 Å². The van der Waals surface area contributed by atoms with Crippen molar-refractivity contribution in [2.75, 3.05) is 33.3 Å². The van der Waals surface area contributed by atoms with Crippen molar-refractivity contribution in [1.29, 1.82) is 5.26 Å². The highest BCUT2D eigenvalue weighted by molar-refractivity contribution is 7.89. The van der Waals surface area contributed by atoms with Crippen molar-refractivity contribution < 1.29 is 17.9 Å². The van der Waals surface area contributed by atoms with Crippen LogP contribution in [0, 0.1) is 17.2 Å². The van der Waals surface area contributed by atoms with E-state index in [9.17, 15) is 13.2 Å². The molecule has 140 valence electrons. The number of carbonyl (C=O) groups is 1. The Balaban J connectivity index is 1.76. The Hall–Kier alpha value is -1.95. The molecule has 0 aliphatic carbocycles. The van der Waals surface area contributed by atoms with Crippen molar-refractivity contribution in [3.63, 3.8) is 0 Å². The van der Waals surface area contributed by atoms with Crippen LogP contribution in [0.1, 0.15) is 29.6 Å². The molecule has 0 radical (unpaired) electrons. The number of likely N-dealkylation sites (tertiary alicyclic amines) is 1. The average Bonchev–Trinajstić information content (AvgIpc) is 3.17. The number of piperidine rings is 1.